The van der Waals surface area contributed by atoms with Crippen LogP contribution in [0.2, 0.25) is 0 Å². The van der Waals surface area contributed by atoms with Crippen LogP contribution in [0.5, 0.6) is 0 Å². The first kappa shape index (κ1) is 21.1. The number of carbonyl (C=O) groups is 1. The fourth-order valence-electron chi connectivity index (χ4n) is 2.63. The Balaban J connectivity index is 2.21. The molecule has 0 unspecified atom stereocenters. The van der Waals surface area contributed by atoms with E-state index in [0.29, 0.717) is 24.5 Å². The molecule has 0 atom stereocenters. The Morgan fingerprint density at radius 3 is 2.15 bits per heavy atom. The lowest BCUT2D eigenvalue weighted by Gasteiger charge is -2.18. The second-order valence-electron chi connectivity index (χ2n) is 7.36. The molecule has 0 bridgehead atoms. The number of rotatable bonds is 6. The molecular formula is C19H28N4O3S. The Morgan fingerprint density at radius 2 is 1.70 bits per heavy atom. The van der Waals surface area contributed by atoms with Crippen LogP contribution >= 0.6 is 0 Å². The summed E-state index contributed by atoms with van der Waals surface area (Å²) in [5, 5.41) is 7.25. The van der Waals surface area contributed by atoms with Gasteiger partial charge in [0.05, 0.1) is 10.6 Å². The summed E-state index contributed by atoms with van der Waals surface area (Å²) in [6.07, 6.45) is 0. The van der Waals surface area contributed by atoms with E-state index in [1.807, 2.05) is 6.07 Å². The molecule has 27 heavy (non-hydrogen) atoms. The van der Waals surface area contributed by atoms with Crippen LogP contribution < -0.4 is 5.32 Å². The van der Waals surface area contributed by atoms with Crippen molar-refractivity contribution in [3.63, 3.8) is 0 Å². The number of nitrogens with one attached hydrogen (secondary N) is 1. The molecule has 0 aliphatic rings. The molecule has 1 amide bonds. The van der Waals surface area contributed by atoms with Gasteiger partial charge in [-0.1, -0.05) is 34.6 Å². The summed E-state index contributed by atoms with van der Waals surface area (Å²) in [4.78, 5) is 12.7. The quantitative estimate of drug-likeness (QED) is 0.819. The highest BCUT2D eigenvalue weighted by atomic mass is 32.2. The van der Waals surface area contributed by atoms with E-state index in [0.717, 1.165) is 5.69 Å². The molecule has 1 aromatic heterocycles. The van der Waals surface area contributed by atoms with E-state index in [4.69, 9.17) is 0 Å². The zero-order valence-electron chi connectivity index (χ0n) is 16.8. The van der Waals surface area contributed by atoms with E-state index in [2.05, 4.69) is 31.2 Å². The third-order valence-electron chi connectivity index (χ3n) is 4.35. The first-order valence-electron chi connectivity index (χ1n) is 8.96. The van der Waals surface area contributed by atoms with E-state index >= 15 is 0 Å². The van der Waals surface area contributed by atoms with Gasteiger partial charge in [0, 0.05) is 37.2 Å². The number of hydrogen-bond acceptors (Lipinski definition) is 4. The zero-order chi connectivity index (χ0) is 20.4. The second-order valence-corrected chi connectivity index (χ2v) is 9.29. The van der Waals surface area contributed by atoms with Gasteiger partial charge in [0.1, 0.15) is 5.82 Å². The van der Waals surface area contributed by atoms with Gasteiger partial charge in [-0.2, -0.15) is 9.40 Å². The van der Waals surface area contributed by atoms with Crippen LogP contribution in [-0.2, 0) is 22.5 Å². The van der Waals surface area contributed by atoms with Crippen LogP contribution in [0, 0.1) is 0 Å². The molecular weight excluding hydrogens is 364 g/mol. The van der Waals surface area contributed by atoms with Crippen LogP contribution in [0.25, 0.3) is 0 Å². The van der Waals surface area contributed by atoms with E-state index in [1.54, 1.807) is 25.6 Å². The summed E-state index contributed by atoms with van der Waals surface area (Å²) < 4.78 is 28.0. The Kier molecular flexibility index (Phi) is 6.11. The predicted molar refractivity (Wildman–Crippen MR) is 106 cm³/mol. The van der Waals surface area contributed by atoms with E-state index in [-0.39, 0.29) is 16.2 Å². The van der Waals surface area contributed by atoms with Crippen LogP contribution in [0.4, 0.5) is 5.82 Å². The molecule has 1 N–H and O–H groups in total. The minimum absolute atomic E-state index is 0.124. The van der Waals surface area contributed by atoms with E-state index < -0.39 is 10.0 Å². The topological polar surface area (TPSA) is 84.3 Å². The number of benzene rings is 1. The minimum atomic E-state index is -3.53. The highest BCUT2D eigenvalue weighted by Gasteiger charge is 2.22. The summed E-state index contributed by atoms with van der Waals surface area (Å²) in [5.41, 5.74) is 1.13. The average Bonchev–Trinajstić information content (AvgIpc) is 2.97. The Labute approximate surface area is 161 Å². The third kappa shape index (κ3) is 4.56. The molecule has 0 fully saturated rings. The van der Waals surface area contributed by atoms with Crippen molar-refractivity contribution in [2.45, 2.75) is 44.9 Å². The lowest BCUT2D eigenvalue weighted by molar-refractivity contribution is 0.102. The van der Waals surface area contributed by atoms with Crippen molar-refractivity contribution in [3.05, 3.63) is 41.6 Å². The van der Waals surface area contributed by atoms with Crippen molar-refractivity contribution in [2.24, 2.45) is 7.05 Å². The number of anilines is 1. The first-order chi connectivity index (χ1) is 12.5. The van der Waals surface area contributed by atoms with Crippen molar-refractivity contribution in [1.82, 2.24) is 14.1 Å². The summed E-state index contributed by atoms with van der Waals surface area (Å²) in [6.45, 7) is 10.5. The van der Waals surface area contributed by atoms with Gasteiger partial charge in [-0.05, 0) is 24.3 Å². The maximum Gasteiger partial charge on any atom is 0.256 e. The van der Waals surface area contributed by atoms with Crippen molar-refractivity contribution < 1.29 is 13.2 Å². The van der Waals surface area contributed by atoms with Gasteiger partial charge >= 0.3 is 0 Å². The van der Waals surface area contributed by atoms with Crippen LogP contribution in [0.3, 0.4) is 0 Å². The molecule has 0 spiro atoms. The summed E-state index contributed by atoms with van der Waals surface area (Å²) in [6, 6.07) is 7.81. The molecule has 2 aromatic rings. The average molecular weight is 393 g/mol. The number of sulfonamides is 1. The number of carbonyl (C=O) groups excluding carboxylic acids is 1. The fraction of sp³-hybridized carbons (Fsp3) is 0.474. The zero-order valence-corrected chi connectivity index (χ0v) is 17.6. The van der Waals surface area contributed by atoms with Crippen molar-refractivity contribution in [3.8, 4) is 0 Å². The molecule has 0 aliphatic heterocycles. The monoisotopic (exact) mass is 392 g/mol. The van der Waals surface area contributed by atoms with Gasteiger partial charge in [0.25, 0.3) is 5.91 Å². The molecule has 8 heteroatoms. The van der Waals surface area contributed by atoms with Crippen molar-refractivity contribution >= 4 is 21.7 Å². The number of nitrogens with zero attached hydrogens (tertiary/aromatic N) is 3. The molecule has 2 rings (SSSR count). The summed E-state index contributed by atoms with van der Waals surface area (Å²) in [5.74, 6) is 0.273. The van der Waals surface area contributed by atoms with Crippen LogP contribution in [0.1, 0.15) is 50.7 Å². The Hall–Kier alpha value is -2.19. The van der Waals surface area contributed by atoms with Gasteiger partial charge in [-0.3, -0.25) is 9.48 Å². The number of hydrogen-bond donors (Lipinski definition) is 1. The first-order valence-corrected chi connectivity index (χ1v) is 10.4. The van der Waals surface area contributed by atoms with Gasteiger partial charge in [-0.15, -0.1) is 0 Å². The van der Waals surface area contributed by atoms with Gasteiger partial charge < -0.3 is 5.32 Å². The smallest absolute Gasteiger partial charge is 0.256 e. The van der Waals surface area contributed by atoms with Crippen LogP contribution in [0.15, 0.2) is 35.2 Å². The van der Waals surface area contributed by atoms with Gasteiger partial charge in [0.2, 0.25) is 10.0 Å². The van der Waals surface area contributed by atoms with E-state index in [1.165, 1.54) is 28.6 Å². The predicted octanol–water partition coefficient (Wildman–Crippen LogP) is 3.00. The fourth-order valence-corrected chi connectivity index (χ4v) is 4.09. The minimum Gasteiger partial charge on any atom is -0.307 e. The number of aryl methyl sites for hydroxylation is 1. The van der Waals surface area contributed by atoms with Crippen molar-refractivity contribution in [1.29, 1.82) is 0 Å². The Morgan fingerprint density at radius 1 is 1.15 bits per heavy atom. The van der Waals surface area contributed by atoms with Crippen LogP contribution in [-0.4, -0.2) is 41.5 Å². The standard InChI is InChI=1S/C19H28N4O3S/c1-7-23(8-2)27(25,26)15-11-9-14(10-12-15)18(24)20-17-13-16(19(3,4)5)21-22(17)6/h9-13H,7-8H2,1-6H3,(H,20,24). The highest BCUT2D eigenvalue weighted by Crippen LogP contribution is 2.24. The number of amides is 1. The Bertz CT molecular complexity index is 905. The molecule has 7 nitrogen and oxygen atoms in total. The molecule has 0 radical (unpaired) electrons. The SMILES string of the molecule is CCN(CC)S(=O)(=O)c1ccc(C(=O)Nc2cc(C(C)(C)C)nn2C)cc1. The lowest BCUT2D eigenvalue weighted by Crippen LogP contribution is -2.30. The molecule has 0 saturated heterocycles. The molecule has 0 saturated carbocycles. The van der Waals surface area contributed by atoms with Gasteiger partial charge in [-0.25, -0.2) is 8.42 Å². The van der Waals surface area contributed by atoms with Crippen molar-refractivity contribution in [2.75, 3.05) is 18.4 Å². The molecule has 148 valence electrons. The lowest BCUT2D eigenvalue weighted by atomic mass is 9.92. The normalized spacial score (nSPS) is 12.4. The molecule has 0 aliphatic carbocycles. The second kappa shape index (κ2) is 7.82. The maximum atomic E-state index is 12.5. The molecule has 1 aromatic carbocycles. The molecule has 1 heterocycles. The van der Waals surface area contributed by atoms with E-state index in [9.17, 15) is 13.2 Å². The third-order valence-corrected chi connectivity index (χ3v) is 6.41. The largest absolute Gasteiger partial charge is 0.307 e. The number of aromatic nitrogens is 2. The van der Waals surface area contributed by atoms with Gasteiger partial charge in [0.15, 0.2) is 0 Å². The summed E-state index contributed by atoms with van der Waals surface area (Å²) >= 11 is 0. The maximum absolute atomic E-state index is 12.5. The summed E-state index contributed by atoms with van der Waals surface area (Å²) in [7, 11) is -1.77. The highest BCUT2D eigenvalue weighted by molar-refractivity contribution is 7.89.